The molecule has 3 N–H and O–H groups in total. The fourth-order valence-electron chi connectivity index (χ4n) is 3.51. The van der Waals surface area contributed by atoms with Crippen LogP contribution >= 0.6 is 0 Å². The molecular formula is C21H23F3N2O4S. The monoisotopic (exact) mass is 456 g/mol. The molecule has 1 fully saturated rings. The predicted octanol–water partition coefficient (Wildman–Crippen LogP) is 3.16. The highest BCUT2D eigenvalue weighted by Gasteiger charge is 2.44. The molecule has 10 heteroatoms. The van der Waals surface area contributed by atoms with Gasteiger partial charge < -0.3 is 15.7 Å². The number of amides is 1. The minimum atomic E-state index is -4.39. The molecule has 0 spiro atoms. The first-order valence-electron chi connectivity index (χ1n) is 9.67. The topological polar surface area (TPSA) is 95.5 Å². The first-order valence-corrected chi connectivity index (χ1v) is 11.0. The van der Waals surface area contributed by atoms with Crippen LogP contribution in [0.2, 0.25) is 0 Å². The van der Waals surface area contributed by atoms with Crippen LogP contribution in [0.4, 0.5) is 18.9 Å². The smallest absolute Gasteiger partial charge is 0.392 e. The lowest BCUT2D eigenvalue weighted by Crippen LogP contribution is -2.28. The van der Waals surface area contributed by atoms with Gasteiger partial charge in [-0.3, -0.25) is 4.79 Å². The number of thiol groups is 1. The minimum absolute atomic E-state index is 0.108. The summed E-state index contributed by atoms with van der Waals surface area (Å²) in [5.41, 5.74) is 1.72. The summed E-state index contributed by atoms with van der Waals surface area (Å²) < 4.78 is 59.6. The van der Waals surface area contributed by atoms with E-state index >= 15 is 0 Å². The Balaban J connectivity index is 1.61. The van der Waals surface area contributed by atoms with Crippen molar-refractivity contribution in [2.75, 3.05) is 11.2 Å². The number of benzene rings is 2. The van der Waals surface area contributed by atoms with E-state index in [0.29, 0.717) is 23.2 Å². The van der Waals surface area contributed by atoms with Gasteiger partial charge in [0.2, 0.25) is 5.91 Å². The van der Waals surface area contributed by atoms with Crippen LogP contribution in [0.1, 0.15) is 47.6 Å². The Morgan fingerprint density at radius 3 is 2.45 bits per heavy atom. The quantitative estimate of drug-likeness (QED) is 0.458. The van der Waals surface area contributed by atoms with E-state index in [9.17, 15) is 31.5 Å². The summed E-state index contributed by atoms with van der Waals surface area (Å²) in [5.74, 6) is -0.844. The van der Waals surface area contributed by atoms with Crippen molar-refractivity contribution < 1.29 is 31.5 Å². The van der Waals surface area contributed by atoms with Crippen LogP contribution in [0.25, 0.3) is 0 Å². The Bertz CT molecular complexity index is 1010. The fourth-order valence-corrected chi connectivity index (χ4v) is 3.81. The van der Waals surface area contributed by atoms with Crippen LogP contribution in [0, 0.1) is 5.92 Å². The standard InChI is InChI=1S/C21H23F3N2O4S/c1-12(14-4-7-19(15(8-14)10-27)25-11-31(29)30)26-20(28)18-9-17(18)13-2-5-16(6-3-13)21(22,23)24/h2-8,12,17-18,25,27,31H,9-11H2,1H3,(H,26,28)/t12-,17?,18?/m1/s1. The number of anilines is 1. The van der Waals surface area contributed by atoms with Crippen LogP contribution in [0.3, 0.4) is 0 Å². The zero-order valence-electron chi connectivity index (χ0n) is 16.6. The maximum absolute atomic E-state index is 12.7. The number of hydrogen-bond acceptors (Lipinski definition) is 5. The molecule has 2 aromatic carbocycles. The van der Waals surface area contributed by atoms with Crippen molar-refractivity contribution in [3.8, 4) is 0 Å². The van der Waals surface area contributed by atoms with Crippen LogP contribution in [-0.2, 0) is 28.3 Å². The molecule has 3 rings (SSSR count). The zero-order valence-corrected chi connectivity index (χ0v) is 17.5. The Morgan fingerprint density at radius 1 is 1.19 bits per heavy atom. The van der Waals surface area contributed by atoms with Gasteiger partial charge in [-0.2, -0.15) is 13.2 Å². The molecule has 1 saturated carbocycles. The molecule has 3 atom stereocenters. The van der Waals surface area contributed by atoms with E-state index in [1.807, 2.05) is 0 Å². The Hall–Kier alpha value is -2.59. The molecule has 1 aliphatic carbocycles. The van der Waals surface area contributed by atoms with E-state index in [0.717, 1.165) is 17.7 Å². The van der Waals surface area contributed by atoms with E-state index in [1.165, 1.54) is 12.1 Å². The van der Waals surface area contributed by atoms with Crippen LogP contribution in [-0.4, -0.2) is 25.3 Å². The highest BCUT2D eigenvalue weighted by Crippen LogP contribution is 2.48. The van der Waals surface area contributed by atoms with Crippen LogP contribution < -0.4 is 10.6 Å². The number of aliphatic hydroxyl groups excluding tert-OH is 1. The number of hydrogen-bond donors (Lipinski definition) is 4. The van der Waals surface area contributed by atoms with E-state index in [-0.39, 0.29) is 36.3 Å². The number of carbonyl (C=O) groups is 1. The number of halogens is 3. The van der Waals surface area contributed by atoms with E-state index < -0.39 is 22.4 Å². The van der Waals surface area contributed by atoms with E-state index in [2.05, 4.69) is 10.6 Å². The summed E-state index contributed by atoms with van der Waals surface area (Å²) in [6.45, 7) is 1.48. The largest absolute Gasteiger partial charge is 0.416 e. The summed E-state index contributed by atoms with van der Waals surface area (Å²) in [6, 6.07) is 9.58. The van der Waals surface area contributed by atoms with Crippen molar-refractivity contribution in [2.45, 2.75) is 38.1 Å². The number of nitrogens with one attached hydrogen (secondary N) is 2. The average Bonchev–Trinajstić information content (AvgIpc) is 3.52. The highest BCUT2D eigenvalue weighted by atomic mass is 32.2. The molecule has 2 aromatic rings. The Kier molecular flexibility index (Phi) is 6.90. The molecule has 0 heterocycles. The average molecular weight is 456 g/mol. The molecule has 1 amide bonds. The second-order valence-corrected chi connectivity index (χ2v) is 8.52. The second-order valence-electron chi connectivity index (χ2n) is 7.54. The van der Waals surface area contributed by atoms with Gasteiger partial charge in [-0.1, -0.05) is 18.2 Å². The van der Waals surface area contributed by atoms with Gasteiger partial charge >= 0.3 is 6.18 Å². The number of aliphatic hydroxyl groups is 1. The van der Waals surface area contributed by atoms with Crippen molar-refractivity contribution in [1.82, 2.24) is 5.32 Å². The first-order chi connectivity index (χ1) is 14.6. The summed E-state index contributed by atoms with van der Waals surface area (Å²) in [4.78, 5) is 12.6. The summed E-state index contributed by atoms with van der Waals surface area (Å²) >= 11 is 0. The fraction of sp³-hybridized carbons (Fsp3) is 0.381. The molecule has 0 bridgehead atoms. The van der Waals surface area contributed by atoms with Crippen molar-refractivity contribution >= 4 is 22.3 Å². The van der Waals surface area contributed by atoms with Crippen molar-refractivity contribution in [1.29, 1.82) is 0 Å². The summed E-state index contributed by atoms with van der Waals surface area (Å²) in [7, 11) is -2.61. The van der Waals surface area contributed by atoms with E-state index in [1.54, 1.807) is 25.1 Å². The van der Waals surface area contributed by atoms with Crippen molar-refractivity contribution in [2.24, 2.45) is 5.92 Å². The van der Waals surface area contributed by atoms with Gasteiger partial charge in [0.05, 0.1) is 18.2 Å². The predicted molar refractivity (Wildman–Crippen MR) is 110 cm³/mol. The lowest BCUT2D eigenvalue weighted by molar-refractivity contribution is -0.137. The number of alkyl halides is 3. The van der Waals surface area contributed by atoms with Crippen LogP contribution in [0.5, 0.6) is 0 Å². The Labute approximate surface area is 179 Å². The second kappa shape index (κ2) is 9.27. The molecule has 0 aromatic heterocycles. The van der Waals surface area contributed by atoms with Crippen LogP contribution in [0.15, 0.2) is 42.5 Å². The third-order valence-corrected chi connectivity index (χ3v) is 5.77. The van der Waals surface area contributed by atoms with Gasteiger partial charge in [0.25, 0.3) is 0 Å². The molecule has 6 nitrogen and oxygen atoms in total. The molecule has 31 heavy (non-hydrogen) atoms. The maximum Gasteiger partial charge on any atom is 0.416 e. The van der Waals surface area contributed by atoms with Gasteiger partial charge in [0, 0.05) is 17.2 Å². The SMILES string of the molecule is C[C@@H](NC(=O)C1CC1c1ccc(C(F)(F)F)cc1)c1ccc(NC[SH](=O)=O)c(CO)c1. The lowest BCUT2D eigenvalue weighted by atomic mass is 10.0. The number of carbonyl (C=O) groups excluding carboxylic acids is 1. The molecule has 168 valence electrons. The van der Waals surface area contributed by atoms with Gasteiger partial charge in [-0.25, -0.2) is 8.42 Å². The molecule has 0 saturated heterocycles. The van der Waals surface area contributed by atoms with Gasteiger partial charge in [-0.05, 0) is 54.7 Å². The van der Waals surface area contributed by atoms with Crippen molar-refractivity contribution in [3.05, 3.63) is 64.7 Å². The molecule has 0 aliphatic heterocycles. The molecular weight excluding hydrogens is 433 g/mol. The molecule has 0 radical (unpaired) electrons. The first kappa shape index (κ1) is 23.1. The minimum Gasteiger partial charge on any atom is -0.392 e. The third kappa shape index (κ3) is 5.76. The van der Waals surface area contributed by atoms with Gasteiger partial charge in [-0.15, -0.1) is 0 Å². The molecule has 1 aliphatic rings. The third-order valence-electron chi connectivity index (χ3n) is 5.35. The summed E-state index contributed by atoms with van der Waals surface area (Å²) in [6.07, 6.45) is -3.82. The highest BCUT2D eigenvalue weighted by molar-refractivity contribution is 7.72. The lowest BCUT2D eigenvalue weighted by Gasteiger charge is -2.17. The number of rotatable bonds is 8. The van der Waals surface area contributed by atoms with Gasteiger partial charge in [0.15, 0.2) is 10.7 Å². The Morgan fingerprint density at radius 2 is 1.87 bits per heavy atom. The molecule has 2 unspecified atom stereocenters. The normalized spacial score (nSPS) is 19.2. The summed E-state index contributed by atoms with van der Waals surface area (Å²) in [5, 5.41) is 15.2. The van der Waals surface area contributed by atoms with E-state index in [4.69, 9.17) is 0 Å². The zero-order chi connectivity index (χ0) is 22.8. The van der Waals surface area contributed by atoms with Crippen molar-refractivity contribution in [3.63, 3.8) is 0 Å². The maximum atomic E-state index is 12.7. The van der Waals surface area contributed by atoms with Gasteiger partial charge in [0.1, 0.15) is 5.88 Å².